The molecule has 1 heterocycles. The summed E-state index contributed by atoms with van der Waals surface area (Å²) in [5.74, 6) is -1.12. The highest BCUT2D eigenvalue weighted by atomic mass is 32.2. The lowest BCUT2D eigenvalue weighted by Gasteiger charge is -2.16. The molecule has 8 heteroatoms. The van der Waals surface area contributed by atoms with E-state index in [4.69, 9.17) is 0 Å². The van der Waals surface area contributed by atoms with Crippen molar-refractivity contribution in [3.05, 3.63) is 24.4 Å². The summed E-state index contributed by atoms with van der Waals surface area (Å²) in [6, 6.07) is 3.68. The van der Waals surface area contributed by atoms with Gasteiger partial charge in [0.2, 0.25) is 10.0 Å². The van der Waals surface area contributed by atoms with E-state index < -0.39 is 22.0 Å². The van der Waals surface area contributed by atoms with Crippen LogP contribution < -0.4 is 4.72 Å². The summed E-state index contributed by atoms with van der Waals surface area (Å²) in [6.45, 7) is 7.66. The van der Waals surface area contributed by atoms with Gasteiger partial charge >= 0.3 is 5.97 Å². The van der Waals surface area contributed by atoms with Gasteiger partial charge in [0.15, 0.2) is 0 Å². The van der Waals surface area contributed by atoms with Gasteiger partial charge in [-0.25, -0.2) is 8.42 Å². The Morgan fingerprint density at radius 1 is 1.29 bits per heavy atom. The van der Waals surface area contributed by atoms with Gasteiger partial charge in [-0.1, -0.05) is 13.8 Å². The number of carboxylic acid groups (broad SMARTS) is 1. The van der Waals surface area contributed by atoms with Crippen molar-refractivity contribution in [3.63, 3.8) is 0 Å². The van der Waals surface area contributed by atoms with Crippen molar-refractivity contribution >= 4 is 26.9 Å². The molecule has 7 nitrogen and oxygen atoms in total. The SMILES string of the molecule is CC(C)C[C@H](NS(=O)(=O)c1ccc2c(cnn2C(C)C)c1)C(=O)O. The van der Waals surface area contributed by atoms with E-state index in [0.717, 1.165) is 5.52 Å². The number of carbonyl (C=O) groups is 1. The van der Waals surface area contributed by atoms with Crippen LogP contribution in [0.4, 0.5) is 0 Å². The number of fused-ring (bicyclic) bond motifs is 1. The molecule has 0 amide bonds. The van der Waals surface area contributed by atoms with Gasteiger partial charge in [-0.05, 0) is 44.4 Å². The summed E-state index contributed by atoms with van der Waals surface area (Å²) in [4.78, 5) is 11.3. The molecule has 1 aromatic heterocycles. The molecule has 0 aliphatic carbocycles. The zero-order valence-corrected chi connectivity index (χ0v) is 15.0. The van der Waals surface area contributed by atoms with Crippen LogP contribution >= 0.6 is 0 Å². The molecule has 24 heavy (non-hydrogen) atoms. The Morgan fingerprint density at radius 3 is 2.50 bits per heavy atom. The zero-order chi connectivity index (χ0) is 18.1. The third-order valence-corrected chi connectivity index (χ3v) is 5.14. The van der Waals surface area contributed by atoms with E-state index in [-0.39, 0.29) is 23.3 Å². The van der Waals surface area contributed by atoms with Crippen molar-refractivity contribution in [2.45, 2.75) is 51.1 Å². The molecule has 0 bridgehead atoms. The van der Waals surface area contributed by atoms with Crippen LogP contribution in [0.1, 0.15) is 40.2 Å². The molecule has 0 saturated heterocycles. The number of rotatable bonds is 7. The van der Waals surface area contributed by atoms with E-state index in [9.17, 15) is 18.3 Å². The predicted molar refractivity (Wildman–Crippen MR) is 91.3 cm³/mol. The first kappa shape index (κ1) is 18.4. The van der Waals surface area contributed by atoms with Crippen molar-refractivity contribution in [1.82, 2.24) is 14.5 Å². The summed E-state index contributed by atoms with van der Waals surface area (Å²) < 4.78 is 29.1. The first-order valence-corrected chi connectivity index (χ1v) is 9.32. The Labute approximate surface area is 141 Å². The van der Waals surface area contributed by atoms with Crippen LogP contribution in [0.5, 0.6) is 0 Å². The third-order valence-electron chi connectivity index (χ3n) is 3.67. The van der Waals surface area contributed by atoms with E-state index in [2.05, 4.69) is 9.82 Å². The molecule has 1 atom stereocenters. The number of hydrogen-bond acceptors (Lipinski definition) is 4. The van der Waals surface area contributed by atoms with Crippen molar-refractivity contribution in [1.29, 1.82) is 0 Å². The number of benzene rings is 1. The number of sulfonamides is 1. The number of nitrogens with one attached hydrogen (secondary N) is 1. The fourth-order valence-corrected chi connectivity index (χ4v) is 3.77. The molecule has 2 N–H and O–H groups in total. The van der Waals surface area contributed by atoms with Crippen LogP contribution in [0.2, 0.25) is 0 Å². The molecule has 132 valence electrons. The summed E-state index contributed by atoms with van der Waals surface area (Å²) in [5, 5.41) is 14.2. The van der Waals surface area contributed by atoms with Crippen molar-refractivity contribution in [2.24, 2.45) is 5.92 Å². The maximum absolute atomic E-state index is 12.5. The normalized spacial score (nSPS) is 13.8. The minimum Gasteiger partial charge on any atom is -0.480 e. The second-order valence-corrected chi connectivity index (χ2v) is 8.26. The standard InChI is InChI=1S/C16H23N3O4S/c1-10(2)7-14(16(20)21)18-24(22,23)13-5-6-15-12(8-13)9-17-19(15)11(3)4/h5-6,8-11,14,18H,7H2,1-4H3,(H,20,21)/t14-/m0/s1. The topological polar surface area (TPSA) is 101 Å². The number of carboxylic acids is 1. The molecular formula is C16H23N3O4S. The molecule has 0 saturated carbocycles. The van der Waals surface area contributed by atoms with E-state index >= 15 is 0 Å². The minimum atomic E-state index is -3.92. The highest BCUT2D eigenvalue weighted by molar-refractivity contribution is 7.89. The lowest BCUT2D eigenvalue weighted by Crippen LogP contribution is -2.41. The van der Waals surface area contributed by atoms with Gasteiger partial charge in [-0.2, -0.15) is 9.82 Å². The van der Waals surface area contributed by atoms with E-state index in [1.807, 2.05) is 27.7 Å². The summed E-state index contributed by atoms with van der Waals surface area (Å²) >= 11 is 0. The molecule has 0 fully saturated rings. The minimum absolute atomic E-state index is 0.0355. The molecule has 0 radical (unpaired) electrons. The maximum Gasteiger partial charge on any atom is 0.321 e. The molecule has 1 aromatic carbocycles. The van der Waals surface area contributed by atoms with Gasteiger partial charge in [0.1, 0.15) is 6.04 Å². The molecule has 0 unspecified atom stereocenters. The first-order chi connectivity index (χ1) is 11.1. The Bertz CT molecular complexity index is 840. The van der Waals surface area contributed by atoms with Crippen LogP contribution in [0.3, 0.4) is 0 Å². The molecule has 2 aromatic rings. The number of hydrogen-bond donors (Lipinski definition) is 2. The Balaban J connectivity index is 2.35. The average molecular weight is 353 g/mol. The molecule has 0 aliphatic rings. The lowest BCUT2D eigenvalue weighted by atomic mass is 10.1. The van der Waals surface area contributed by atoms with E-state index in [0.29, 0.717) is 5.39 Å². The summed E-state index contributed by atoms with van der Waals surface area (Å²) in [7, 11) is -3.92. The molecule has 0 aliphatic heterocycles. The van der Waals surface area contributed by atoms with Crippen LogP contribution in [0.15, 0.2) is 29.3 Å². The molecule has 2 rings (SSSR count). The van der Waals surface area contributed by atoms with Gasteiger partial charge in [0, 0.05) is 11.4 Å². The van der Waals surface area contributed by atoms with Crippen LogP contribution in [0.25, 0.3) is 10.9 Å². The number of nitrogens with zero attached hydrogens (tertiary/aromatic N) is 2. The Hall–Kier alpha value is -1.93. The van der Waals surface area contributed by atoms with Crippen molar-refractivity contribution in [3.8, 4) is 0 Å². The van der Waals surface area contributed by atoms with Gasteiger partial charge < -0.3 is 5.11 Å². The largest absolute Gasteiger partial charge is 0.480 e. The van der Waals surface area contributed by atoms with Crippen molar-refractivity contribution in [2.75, 3.05) is 0 Å². The van der Waals surface area contributed by atoms with Crippen LogP contribution in [0, 0.1) is 5.92 Å². The van der Waals surface area contributed by atoms with Gasteiger partial charge in [0.25, 0.3) is 0 Å². The Kier molecular flexibility index (Phi) is 5.29. The van der Waals surface area contributed by atoms with Gasteiger partial charge in [-0.15, -0.1) is 0 Å². The van der Waals surface area contributed by atoms with Crippen LogP contribution in [-0.4, -0.2) is 35.3 Å². The van der Waals surface area contributed by atoms with E-state index in [1.165, 1.54) is 12.1 Å². The number of aliphatic carboxylic acids is 1. The second kappa shape index (κ2) is 6.90. The maximum atomic E-state index is 12.5. The third kappa shape index (κ3) is 3.93. The fraction of sp³-hybridized carbons (Fsp3) is 0.500. The molecular weight excluding hydrogens is 330 g/mol. The monoisotopic (exact) mass is 353 g/mol. The zero-order valence-electron chi connectivity index (χ0n) is 14.2. The van der Waals surface area contributed by atoms with Gasteiger partial charge in [-0.3, -0.25) is 9.48 Å². The Morgan fingerprint density at radius 2 is 1.96 bits per heavy atom. The lowest BCUT2D eigenvalue weighted by molar-refractivity contribution is -0.139. The first-order valence-electron chi connectivity index (χ1n) is 7.84. The number of aromatic nitrogens is 2. The second-order valence-electron chi connectivity index (χ2n) is 6.55. The average Bonchev–Trinajstić information content (AvgIpc) is 2.88. The molecule has 0 spiro atoms. The quantitative estimate of drug-likeness (QED) is 0.796. The van der Waals surface area contributed by atoms with Crippen molar-refractivity contribution < 1.29 is 18.3 Å². The fourth-order valence-electron chi connectivity index (χ4n) is 2.54. The highest BCUT2D eigenvalue weighted by Crippen LogP contribution is 2.22. The van der Waals surface area contributed by atoms with E-state index in [1.54, 1.807) is 16.9 Å². The summed E-state index contributed by atoms with van der Waals surface area (Å²) in [6.07, 6.45) is 1.83. The van der Waals surface area contributed by atoms with Gasteiger partial charge in [0.05, 0.1) is 16.6 Å². The predicted octanol–water partition coefficient (Wildman–Crippen LogP) is 2.39. The summed E-state index contributed by atoms with van der Waals surface area (Å²) in [5.41, 5.74) is 0.834. The smallest absolute Gasteiger partial charge is 0.321 e. The highest BCUT2D eigenvalue weighted by Gasteiger charge is 2.26. The van der Waals surface area contributed by atoms with Crippen LogP contribution in [-0.2, 0) is 14.8 Å².